The van der Waals surface area contributed by atoms with Crippen molar-refractivity contribution in [2.45, 2.75) is 26.3 Å². The van der Waals surface area contributed by atoms with Crippen molar-refractivity contribution in [1.29, 1.82) is 0 Å². The van der Waals surface area contributed by atoms with Crippen molar-refractivity contribution in [3.63, 3.8) is 0 Å². The number of aryl methyl sites for hydroxylation is 2. The highest BCUT2D eigenvalue weighted by Crippen LogP contribution is 2.32. The van der Waals surface area contributed by atoms with Gasteiger partial charge in [0.05, 0.1) is 5.56 Å². The molecule has 0 fully saturated rings. The first-order valence-electron chi connectivity index (χ1n) is 9.36. The maximum Gasteiger partial charge on any atom is 0.253 e. The standard InChI is InChI=1S/C23H23N3O/c1-17-8-10-18(11-9-17)15-25-23(27)20-12-13-22(24-16-20)26-14-4-6-19-5-2-3-7-21(19)26/h2-3,5,7-13,16H,4,6,14-15H2,1H3,(H,25,27). The van der Waals surface area contributed by atoms with Crippen LogP contribution in [-0.4, -0.2) is 17.4 Å². The fourth-order valence-corrected chi connectivity index (χ4v) is 3.44. The summed E-state index contributed by atoms with van der Waals surface area (Å²) in [4.78, 5) is 19.2. The number of amides is 1. The zero-order valence-corrected chi connectivity index (χ0v) is 15.5. The van der Waals surface area contributed by atoms with Crippen LogP contribution in [-0.2, 0) is 13.0 Å². The summed E-state index contributed by atoms with van der Waals surface area (Å²) in [5, 5.41) is 2.96. The monoisotopic (exact) mass is 357 g/mol. The van der Waals surface area contributed by atoms with Crippen LogP contribution in [0.2, 0.25) is 0 Å². The summed E-state index contributed by atoms with van der Waals surface area (Å²) < 4.78 is 0. The third-order valence-corrected chi connectivity index (χ3v) is 4.97. The van der Waals surface area contributed by atoms with E-state index in [2.05, 4.69) is 46.4 Å². The van der Waals surface area contributed by atoms with E-state index >= 15 is 0 Å². The van der Waals surface area contributed by atoms with Gasteiger partial charge in [0.25, 0.3) is 5.91 Å². The summed E-state index contributed by atoms with van der Waals surface area (Å²) in [6.07, 6.45) is 3.88. The molecular formula is C23H23N3O. The lowest BCUT2D eigenvalue weighted by Gasteiger charge is -2.30. The van der Waals surface area contributed by atoms with Crippen molar-refractivity contribution in [3.05, 3.63) is 89.1 Å². The van der Waals surface area contributed by atoms with Crippen LogP contribution in [0.3, 0.4) is 0 Å². The van der Waals surface area contributed by atoms with Crippen molar-refractivity contribution in [1.82, 2.24) is 10.3 Å². The Hall–Kier alpha value is -3.14. The van der Waals surface area contributed by atoms with Crippen molar-refractivity contribution < 1.29 is 4.79 Å². The number of nitrogens with one attached hydrogen (secondary N) is 1. The van der Waals surface area contributed by atoms with Crippen molar-refractivity contribution in [2.75, 3.05) is 11.4 Å². The van der Waals surface area contributed by atoms with Crippen LogP contribution in [0.25, 0.3) is 0 Å². The van der Waals surface area contributed by atoms with E-state index in [1.54, 1.807) is 6.20 Å². The van der Waals surface area contributed by atoms with Gasteiger partial charge in [-0.05, 0) is 49.1 Å². The minimum Gasteiger partial charge on any atom is -0.348 e. The van der Waals surface area contributed by atoms with E-state index in [0.29, 0.717) is 12.1 Å². The highest BCUT2D eigenvalue weighted by Gasteiger charge is 2.18. The van der Waals surface area contributed by atoms with E-state index in [0.717, 1.165) is 30.8 Å². The topological polar surface area (TPSA) is 45.2 Å². The number of hydrogen-bond donors (Lipinski definition) is 1. The second kappa shape index (κ2) is 7.62. The zero-order chi connectivity index (χ0) is 18.6. The van der Waals surface area contributed by atoms with Gasteiger partial charge in [-0.3, -0.25) is 4.79 Å². The molecule has 0 unspecified atom stereocenters. The zero-order valence-electron chi connectivity index (χ0n) is 15.5. The molecule has 1 amide bonds. The highest BCUT2D eigenvalue weighted by molar-refractivity contribution is 5.94. The predicted octanol–water partition coefficient (Wildman–Crippen LogP) is 4.40. The second-order valence-electron chi connectivity index (χ2n) is 6.96. The number of hydrogen-bond acceptors (Lipinski definition) is 3. The van der Waals surface area contributed by atoms with E-state index in [1.165, 1.54) is 16.8 Å². The molecule has 0 spiro atoms. The smallest absolute Gasteiger partial charge is 0.253 e. The lowest BCUT2D eigenvalue weighted by molar-refractivity contribution is 0.0950. The SMILES string of the molecule is Cc1ccc(CNC(=O)c2ccc(N3CCCc4ccccc43)nc2)cc1. The molecule has 0 saturated heterocycles. The average molecular weight is 357 g/mol. The maximum atomic E-state index is 12.4. The third kappa shape index (κ3) is 3.85. The number of pyridine rings is 1. The van der Waals surface area contributed by atoms with Crippen molar-refractivity contribution in [2.24, 2.45) is 0 Å². The Morgan fingerprint density at radius 2 is 1.89 bits per heavy atom. The number of carbonyl (C=O) groups excluding carboxylic acids is 1. The molecule has 136 valence electrons. The molecule has 4 heteroatoms. The number of nitrogens with zero attached hydrogens (tertiary/aromatic N) is 2. The number of fused-ring (bicyclic) bond motifs is 1. The van der Waals surface area contributed by atoms with Gasteiger partial charge in [0.1, 0.15) is 5.82 Å². The molecule has 2 heterocycles. The molecule has 1 aliphatic rings. The van der Waals surface area contributed by atoms with E-state index in [-0.39, 0.29) is 5.91 Å². The summed E-state index contributed by atoms with van der Waals surface area (Å²) in [6.45, 7) is 3.51. The summed E-state index contributed by atoms with van der Waals surface area (Å²) in [5.41, 5.74) is 5.45. The minimum atomic E-state index is -0.103. The minimum absolute atomic E-state index is 0.103. The number of aromatic nitrogens is 1. The lowest BCUT2D eigenvalue weighted by atomic mass is 10.0. The Balaban J connectivity index is 1.44. The van der Waals surface area contributed by atoms with Crippen LogP contribution < -0.4 is 10.2 Å². The van der Waals surface area contributed by atoms with Crippen LogP contribution in [0.4, 0.5) is 11.5 Å². The van der Waals surface area contributed by atoms with Gasteiger partial charge in [-0.15, -0.1) is 0 Å². The largest absolute Gasteiger partial charge is 0.348 e. The first-order chi connectivity index (χ1) is 13.2. The number of rotatable bonds is 4. The Bertz CT molecular complexity index is 933. The van der Waals surface area contributed by atoms with Crippen LogP contribution in [0.15, 0.2) is 66.9 Å². The normalized spacial score (nSPS) is 13.1. The van der Waals surface area contributed by atoms with Gasteiger partial charge in [-0.25, -0.2) is 4.98 Å². The molecule has 3 aromatic rings. The number of carbonyl (C=O) groups is 1. The van der Waals surface area contributed by atoms with Gasteiger partial charge in [-0.1, -0.05) is 48.0 Å². The first-order valence-corrected chi connectivity index (χ1v) is 9.36. The van der Waals surface area contributed by atoms with E-state index in [1.807, 2.05) is 36.4 Å². The summed E-state index contributed by atoms with van der Waals surface area (Å²) in [7, 11) is 0. The second-order valence-corrected chi connectivity index (χ2v) is 6.96. The Morgan fingerprint density at radius 1 is 1.07 bits per heavy atom. The molecule has 0 aliphatic carbocycles. The number of benzene rings is 2. The van der Waals surface area contributed by atoms with Crippen LogP contribution in [0, 0.1) is 6.92 Å². The first kappa shape index (κ1) is 17.3. The summed E-state index contributed by atoms with van der Waals surface area (Å²) in [5.74, 6) is 0.783. The molecule has 4 nitrogen and oxygen atoms in total. The van der Waals surface area contributed by atoms with Gasteiger partial charge in [0, 0.05) is 25.0 Å². The van der Waals surface area contributed by atoms with Gasteiger partial charge >= 0.3 is 0 Å². The fourth-order valence-electron chi connectivity index (χ4n) is 3.44. The number of para-hydroxylation sites is 1. The van der Waals surface area contributed by atoms with Gasteiger partial charge < -0.3 is 10.2 Å². The van der Waals surface area contributed by atoms with E-state index < -0.39 is 0 Å². The summed E-state index contributed by atoms with van der Waals surface area (Å²) in [6, 6.07) is 20.4. The quantitative estimate of drug-likeness (QED) is 0.752. The van der Waals surface area contributed by atoms with E-state index in [4.69, 9.17) is 0 Å². The highest BCUT2D eigenvalue weighted by atomic mass is 16.1. The molecule has 0 radical (unpaired) electrons. The average Bonchev–Trinajstić information content (AvgIpc) is 2.73. The van der Waals surface area contributed by atoms with Crippen molar-refractivity contribution >= 4 is 17.4 Å². The fraction of sp³-hybridized carbons (Fsp3) is 0.217. The number of anilines is 2. The lowest BCUT2D eigenvalue weighted by Crippen LogP contribution is -2.26. The van der Waals surface area contributed by atoms with E-state index in [9.17, 15) is 4.79 Å². The molecule has 1 aromatic heterocycles. The Labute approximate surface area is 159 Å². The van der Waals surface area contributed by atoms with Gasteiger partial charge in [0.15, 0.2) is 0 Å². The molecule has 0 bridgehead atoms. The molecule has 1 aliphatic heterocycles. The Morgan fingerprint density at radius 3 is 2.67 bits per heavy atom. The maximum absolute atomic E-state index is 12.4. The van der Waals surface area contributed by atoms with Crippen LogP contribution in [0.5, 0.6) is 0 Å². The molecule has 0 atom stereocenters. The van der Waals surface area contributed by atoms with Gasteiger partial charge in [0.2, 0.25) is 0 Å². The molecule has 2 aromatic carbocycles. The molecule has 27 heavy (non-hydrogen) atoms. The predicted molar refractivity (Wildman–Crippen MR) is 108 cm³/mol. The molecular weight excluding hydrogens is 334 g/mol. The molecule has 4 rings (SSSR count). The Kier molecular flexibility index (Phi) is 4.88. The van der Waals surface area contributed by atoms with Crippen molar-refractivity contribution in [3.8, 4) is 0 Å². The van der Waals surface area contributed by atoms with Gasteiger partial charge in [-0.2, -0.15) is 0 Å². The molecule has 1 N–H and O–H groups in total. The van der Waals surface area contributed by atoms with Crippen LogP contribution in [0.1, 0.15) is 33.5 Å². The van der Waals surface area contributed by atoms with Crippen LogP contribution >= 0.6 is 0 Å². The molecule has 0 saturated carbocycles. The third-order valence-electron chi connectivity index (χ3n) is 4.97. The summed E-state index contributed by atoms with van der Waals surface area (Å²) >= 11 is 0.